The van der Waals surface area contributed by atoms with E-state index >= 15 is 0 Å². The highest BCUT2D eigenvalue weighted by Gasteiger charge is 2.13. The third kappa shape index (κ3) is 5.70. The number of hydrogen-bond acceptors (Lipinski definition) is 4. The van der Waals surface area contributed by atoms with Crippen molar-refractivity contribution in [2.24, 2.45) is 0 Å². The quantitative estimate of drug-likeness (QED) is 0.547. The topological polar surface area (TPSA) is 56.8 Å². The van der Waals surface area contributed by atoms with Gasteiger partial charge in [-0.2, -0.15) is 8.78 Å². The number of ether oxygens (including phenoxy) is 3. The largest absolute Gasteiger partial charge is 0.493 e. The molecule has 0 atom stereocenters. The van der Waals surface area contributed by atoms with E-state index in [9.17, 15) is 13.6 Å². The minimum atomic E-state index is -2.94. The van der Waals surface area contributed by atoms with Gasteiger partial charge in [-0.25, -0.2) is 0 Å². The predicted octanol–water partition coefficient (Wildman–Crippen LogP) is 4.81. The molecule has 0 saturated carbocycles. The molecule has 3 aromatic carbocycles. The highest BCUT2D eigenvalue weighted by molar-refractivity contribution is 5.94. The summed E-state index contributed by atoms with van der Waals surface area (Å²) in [6.07, 6.45) is 0. The van der Waals surface area contributed by atoms with Gasteiger partial charge in [0.15, 0.2) is 11.5 Å². The van der Waals surface area contributed by atoms with Gasteiger partial charge in [0.25, 0.3) is 5.91 Å². The maximum Gasteiger partial charge on any atom is 0.387 e. The normalized spacial score (nSPS) is 10.5. The van der Waals surface area contributed by atoms with Gasteiger partial charge in [0.05, 0.1) is 7.11 Å². The number of para-hydroxylation sites is 1. The summed E-state index contributed by atoms with van der Waals surface area (Å²) in [6, 6.07) is 20.8. The van der Waals surface area contributed by atoms with Crippen molar-refractivity contribution in [3.63, 3.8) is 0 Å². The van der Waals surface area contributed by atoms with Gasteiger partial charge in [0, 0.05) is 17.7 Å². The first kappa shape index (κ1) is 21.1. The first-order valence-corrected chi connectivity index (χ1v) is 9.22. The van der Waals surface area contributed by atoms with Crippen LogP contribution in [0, 0.1) is 0 Å². The lowest BCUT2D eigenvalue weighted by Crippen LogP contribution is -2.23. The van der Waals surface area contributed by atoms with Crippen molar-refractivity contribution in [2.75, 3.05) is 7.11 Å². The molecule has 0 saturated heterocycles. The highest BCUT2D eigenvalue weighted by atomic mass is 19.3. The molecular formula is C23H21F2NO4. The Morgan fingerprint density at radius 3 is 2.40 bits per heavy atom. The fourth-order valence-corrected chi connectivity index (χ4v) is 2.80. The number of nitrogens with one attached hydrogen (secondary N) is 1. The van der Waals surface area contributed by atoms with Gasteiger partial charge >= 0.3 is 6.61 Å². The SMILES string of the molecule is COc1cc(C(=O)NCc2ccccc2OC(F)F)ccc1OCc1ccccc1. The molecule has 3 rings (SSSR count). The standard InChI is InChI=1S/C23H21F2NO4/c1-28-21-13-17(11-12-20(21)29-15-16-7-3-2-4-8-16)22(27)26-14-18-9-5-6-10-19(18)30-23(24)25/h2-13,23H,14-15H2,1H3,(H,26,27). The van der Waals surface area contributed by atoms with Gasteiger partial charge in [0.2, 0.25) is 0 Å². The molecular weight excluding hydrogens is 392 g/mol. The van der Waals surface area contributed by atoms with Gasteiger partial charge in [-0.3, -0.25) is 4.79 Å². The van der Waals surface area contributed by atoms with E-state index < -0.39 is 6.61 Å². The molecule has 0 aromatic heterocycles. The van der Waals surface area contributed by atoms with Crippen molar-refractivity contribution in [2.45, 2.75) is 19.8 Å². The number of halogens is 2. The molecule has 1 amide bonds. The molecule has 0 aliphatic carbocycles. The monoisotopic (exact) mass is 413 g/mol. The molecule has 0 spiro atoms. The molecule has 0 bridgehead atoms. The fourth-order valence-electron chi connectivity index (χ4n) is 2.80. The zero-order valence-electron chi connectivity index (χ0n) is 16.3. The molecule has 5 nitrogen and oxygen atoms in total. The van der Waals surface area contributed by atoms with Crippen LogP contribution in [0.5, 0.6) is 17.2 Å². The van der Waals surface area contributed by atoms with Crippen LogP contribution in [0.25, 0.3) is 0 Å². The Balaban J connectivity index is 1.65. The third-order valence-corrected chi connectivity index (χ3v) is 4.29. The van der Waals surface area contributed by atoms with Gasteiger partial charge in [-0.1, -0.05) is 48.5 Å². The summed E-state index contributed by atoms with van der Waals surface area (Å²) < 4.78 is 40.6. The van der Waals surface area contributed by atoms with Gasteiger partial charge in [0.1, 0.15) is 12.4 Å². The lowest BCUT2D eigenvalue weighted by molar-refractivity contribution is -0.0504. The number of methoxy groups -OCH3 is 1. The summed E-state index contributed by atoms with van der Waals surface area (Å²) in [4.78, 5) is 12.5. The molecule has 3 aromatic rings. The van der Waals surface area contributed by atoms with Crippen molar-refractivity contribution < 1.29 is 27.8 Å². The summed E-state index contributed by atoms with van der Waals surface area (Å²) in [5.41, 5.74) is 1.80. The van der Waals surface area contributed by atoms with Crippen LogP contribution in [0.4, 0.5) is 8.78 Å². The molecule has 0 radical (unpaired) electrons. The van der Waals surface area contributed by atoms with E-state index in [0.717, 1.165) is 5.56 Å². The predicted molar refractivity (Wildman–Crippen MR) is 108 cm³/mol. The first-order valence-electron chi connectivity index (χ1n) is 9.22. The molecule has 0 aliphatic rings. The molecule has 7 heteroatoms. The van der Waals surface area contributed by atoms with Crippen LogP contribution in [0.1, 0.15) is 21.5 Å². The Morgan fingerprint density at radius 2 is 1.67 bits per heavy atom. The van der Waals surface area contributed by atoms with Crippen molar-refractivity contribution in [1.82, 2.24) is 5.32 Å². The second kappa shape index (κ2) is 10.2. The Bertz CT molecular complexity index is 980. The number of hydrogen-bond donors (Lipinski definition) is 1. The van der Waals surface area contributed by atoms with Gasteiger partial charge in [-0.05, 0) is 29.8 Å². The van der Waals surface area contributed by atoms with E-state index in [1.165, 1.54) is 13.2 Å². The number of carbonyl (C=O) groups excluding carboxylic acids is 1. The van der Waals surface area contributed by atoms with E-state index in [2.05, 4.69) is 10.1 Å². The summed E-state index contributed by atoms with van der Waals surface area (Å²) in [5, 5.41) is 2.70. The smallest absolute Gasteiger partial charge is 0.387 e. The average Bonchev–Trinajstić information content (AvgIpc) is 2.77. The number of benzene rings is 3. The van der Waals surface area contributed by atoms with E-state index in [1.807, 2.05) is 30.3 Å². The van der Waals surface area contributed by atoms with Crippen LogP contribution >= 0.6 is 0 Å². The van der Waals surface area contributed by atoms with Crippen LogP contribution in [-0.4, -0.2) is 19.6 Å². The second-order valence-electron chi connectivity index (χ2n) is 6.31. The highest BCUT2D eigenvalue weighted by Crippen LogP contribution is 2.29. The van der Waals surface area contributed by atoms with E-state index in [0.29, 0.717) is 29.2 Å². The number of amides is 1. The molecule has 0 heterocycles. The lowest BCUT2D eigenvalue weighted by atomic mass is 10.1. The Labute approximate surface area is 173 Å². The summed E-state index contributed by atoms with van der Waals surface area (Å²) in [6.45, 7) is -2.53. The van der Waals surface area contributed by atoms with Gasteiger partial charge < -0.3 is 19.5 Å². The minimum absolute atomic E-state index is 0.0232. The molecule has 30 heavy (non-hydrogen) atoms. The summed E-state index contributed by atoms with van der Waals surface area (Å²) >= 11 is 0. The van der Waals surface area contributed by atoms with Gasteiger partial charge in [-0.15, -0.1) is 0 Å². The van der Waals surface area contributed by atoms with E-state index in [1.54, 1.807) is 36.4 Å². The Hall–Kier alpha value is -3.61. The van der Waals surface area contributed by atoms with Crippen LogP contribution in [0.2, 0.25) is 0 Å². The third-order valence-electron chi connectivity index (χ3n) is 4.29. The maximum absolute atomic E-state index is 12.5. The van der Waals surface area contributed by atoms with Crippen LogP contribution < -0.4 is 19.5 Å². The van der Waals surface area contributed by atoms with Crippen LogP contribution in [0.15, 0.2) is 72.8 Å². The summed E-state index contributed by atoms with van der Waals surface area (Å²) in [7, 11) is 1.49. The first-order chi connectivity index (χ1) is 14.6. The number of rotatable bonds is 9. The number of carbonyl (C=O) groups is 1. The van der Waals surface area contributed by atoms with E-state index in [-0.39, 0.29) is 18.2 Å². The van der Waals surface area contributed by atoms with Crippen molar-refractivity contribution >= 4 is 5.91 Å². The molecule has 0 aliphatic heterocycles. The zero-order valence-corrected chi connectivity index (χ0v) is 16.3. The average molecular weight is 413 g/mol. The van der Waals surface area contributed by atoms with E-state index in [4.69, 9.17) is 9.47 Å². The molecule has 0 unspecified atom stereocenters. The zero-order chi connectivity index (χ0) is 21.3. The van der Waals surface area contributed by atoms with Crippen molar-refractivity contribution in [3.05, 3.63) is 89.5 Å². The van der Waals surface area contributed by atoms with Crippen LogP contribution in [-0.2, 0) is 13.2 Å². The molecule has 1 N–H and O–H groups in total. The van der Waals surface area contributed by atoms with Crippen molar-refractivity contribution in [3.8, 4) is 17.2 Å². The second-order valence-corrected chi connectivity index (χ2v) is 6.31. The van der Waals surface area contributed by atoms with Crippen LogP contribution in [0.3, 0.4) is 0 Å². The number of alkyl halides is 2. The lowest BCUT2D eigenvalue weighted by Gasteiger charge is -2.13. The summed E-state index contributed by atoms with van der Waals surface area (Å²) in [5.74, 6) is 0.568. The Morgan fingerprint density at radius 1 is 0.933 bits per heavy atom. The molecule has 0 fully saturated rings. The maximum atomic E-state index is 12.5. The fraction of sp³-hybridized carbons (Fsp3) is 0.174. The minimum Gasteiger partial charge on any atom is -0.493 e. The molecule has 156 valence electrons. The Kier molecular flexibility index (Phi) is 7.21. The van der Waals surface area contributed by atoms with Crippen molar-refractivity contribution in [1.29, 1.82) is 0 Å².